The molecule has 0 spiro atoms. The van der Waals surface area contributed by atoms with Crippen LogP contribution in [0.4, 0.5) is 4.39 Å². The number of carbonyl (C=O) groups is 3. The molecule has 11 heteroatoms. The Morgan fingerprint density at radius 2 is 1.92 bits per heavy atom. The Morgan fingerprint density at radius 3 is 2.50 bits per heavy atom. The maximum Gasteiger partial charge on any atom is 0.303 e. The fraction of sp³-hybridized carbons (Fsp3) is 0.733. The number of thioether (sulfide) groups is 1. The molecule has 0 aromatic carbocycles. The van der Waals surface area contributed by atoms with E-state index in [-0.39, 0.29) is 26.0 Å². The van der Waals surface area contributed by atoms with Crippen LogP contribution in [0, 0.1) is 11.8 Å². The topological polar surface area (TPSA) is 135 Å². The van der Waals surface area contributed by atoms with Crippen molar-refractivity contribution >= 4 is 34.8 Å². The molecule has 0 saturated carbocycles. The van der Waals surface area contributed by atoms with E-state index < -0.39 is 54.0 Å². The molecule has 2 saturated heterocycles. The van der Waals surface area contributed by atoms with Gasteiger partial charge < -0.3 is 25.0 Å². The van der Waals surface area contributed by atoms with Crippen LogP contribution >= 0.6 is 11.8 Å². The number of carbonyl (C=O) groups excluding carboxylic acids is 1. The summed E-state index contributed by atoms with van der Waals surface area (Å²) < 4.78 is 23.2. The number of carboxylic acid groups (broad SMARTS) is 2. The molecule has 0 aromatic heterocycles. The van der Waals surface area contributed by atoms with Gasteiger partial charge in [0.1, 0.15) is 18.7 Å². The quantitative estimate of drug-likeness (QED) is 0.504. The minimum Gasteiger partial charge on any atom is -0.481 e. The lowest BCUT2D eigenvalue weighted by atomic mass is 9.76. The SMILES string of the molecule is CC(=O)OC[C@@H]1O[C@@H]2SC(=NCCF)N[C@@H]2[C@H](CC(=O)O)[C@@H]1CC(=O)O. The van der Waals surface area contributed by atoms with Crippen molar-refractivity contribution in [1.82, 2.24) is 5.32 Å². The zero-order valence-corrected chi connectivity index (χ0v) is 14.9. The summed E-state index contributed by atoms with van der Waals surface area (Å²) >= 11 is 1.19. The molecule has 5 atom stereocenters. The van der Waals surface area contributed by atoms with Crippen LogP contribution in [0.3, 0.4) is 0 Å². The fourth-order valence-corrected chi connectivity index (χ4v) is 4.42. The number of carboxylic acids is 2. The second kappa shape index (κ2) is 9.17. The molecule has 0 aliphatic carbocycles. The number of aliphatic imine (C=N–C) groups is 1. The summed E-state index contributed by atoms with van der Waals surface area (Å²) in [6, 6.07) is -0.479. The number of hydrogen-bond donors (Lipinski definition) is 3. The first-order valence-corrected chi connectivity index (χ1v) is 8.95. The lowest BCUT2D eigenvalue weighted by molar-refractivity contribution is -0.163. The number of alkyl halides is 1. The largest absolute Gasteiger partial charge is 0.481 e. The van der Waals surface area contributed by atoms with Crippen molar-refractivity contribution in [1.29, 1.82) is 0 Å². The summed E-state index contributed by atoms with van der Waals surface area (Å²) in [6.45, 7) is 0.398. The van der Waals surface area contributed by atoms with E-state index in [1.165, 1.54) is 18.7 Å². The first-order chi connectivity index (χ1) is 12.3. The highest BCUT2D eigenvalue weighted by Crippen LogP contribution is 2.42. The van der Waals surface area contributed by atoms with Crippen molar-refractivity contribution in [2.24, 2.45) is 16.8 Å². The third-order valence-electron chi connectivity index (χ3n) is 4.22. The maximum absolute atomic E-state index is 12.3. The molecule has 9 nitrogen and oxygen atoms in total. The molecule has 0 unspecified atom stereocenters. The normalized spacial score (nSPS) is 31.9. The van der Waals surface area contributed by atoms with Gasteiger partial charge in [-0.3, -0.25) is 19.4 Å². The van der Waals surface area contributed by atoms with Gasteiger partial charge in [0, 0.05) is 12.8 Å². The Bertz CT molecular complexity index is 588. The lowest BCUT2D eigenvalue weighted by Crippen LogP contribution is -2.54. The highest BCUT2D eigenvalue weighted by molar-refractivity contribution is 8.14. The number of esters is 1. The van der Waals surface area contributed by atoms with E-state index in [4.69, 9.17) is 9.47 Å². The Morgan fingerprint density at radius 1 is 1.27 bits per heavy atom. The molecular formula is C15H21FN2O7S. The molecular weight excluding hydrogens is 371 g/mol. The van der Waals surface area contributed by atoms with Crippen LogP contribution in [0.25, 0.3) is 0 Å². The van der Waals surface area contributed by atoms with Gasteiger partial charge in [0.2, 0.25) is 0 Å². The number of nitrogens with one attached hydrogen (secondary N) is 1. The summed E-state index contributed by atoms with van der Waals surface area (Å²) in [5.74, 6) is -3.95. The van der Waals surface area contributed by atoms with Crippen molar-refractivity contribution in [2.75, 3.05) is 19.8 Å². The first kappa shape index (κ1) is 20.4. The van der Waals surface area contributed by atoms with Crippen molar-refractivity contribution in [3.05, 3.63) is 0 Å². The Hall–Kier alpha value is -1.88. The average Bonchev–Trinajstić information content (AvgIpc) is 2.95. The second-order valence-corrected chi connectivity index (χ2v) is 7.12. The highest BCUT2D eigenvalue weighted by Gasteiger charge is 2.51. The monoisotopic (exact) mass is 392 g/mol. The van der Waals surface area contributed by atoms with E-state index >= 15 is 0 Å². The summed E-state index contributed by atoms with van der Waals surface area (Å²) in [5, 5.41) is 21.9. The van der Waals surface area contributed by atoms with Crippen molar-refractivity contribution in [3.8, 4) is 0 Å². The van der Waals surface area contributed by atoms with Gasteiger partial charge >= 0.3 is 17.9 Å². The van der Waals surface area contributed by atoms with Gasteiger partial charge in [0.05, 0.1) is 31.5 Å². The fourth-order valence-electron chi connectivity index (χ4n) is 3.22. The second-order valence-electron chi connectivity index (χ2n) is 6.03. The Kier molecular flexibility index (Phi) is 7.21. The zero-order valence-electron chi connectivity index (χ0n) is 14.1. The molecule has 2 rings (SSSR count). The van der Waals surface area contributed by atoms with Crippen molar-refractivity contribution in [3.63, 3.8) is 0 Å². The predicted octanol–water partition coefficient (Wildman–Crippen LogP) is 0.487. The Labute approximate surface area is 153 Å². The van der Waals surface area contributed by atoms with Gasteiger partial charge in [0.15, 0.2) is 5.17 Å². The van der Waals surface area contributed by atoms with E-state index in [1.807, 2.05) is 0 Å². The molecule has 2 aliphatic rings. The summed E-state index contributed by atoms with van der Waals surface area (Å²) in [4.78, 5) is 37.7. The minimum absolute atomic E-state index is 0.0339. The van der Waals surface area contributed by atoms with Gasteiger partial charge in [-0.2, -0.15) is 0 Å². The average molecular weight is 392 g/mol. The van der Waals surface area contributed by atoms with E-state index in [2.05, 4.69) is 10.3 Å². The molecule has 0 bridgehead atoms. The number of hydrogen-bond acceptors (Lipinski definition) is 7. The number of ether oxygens (including phenoxy) is 2. The number of fused-ring (bicyclic) bond motifs is 1. The Balaban J connectivity index is 2.26. The smallest absolute Gasteiger partial charge is 0.303 e. The maximum atomic E-state index is 12.3. The van der Waals surface area contributed by atoms with E-state index in [0.717, 1.165) is 0 Å². The van der Waals surface area contributed by atoms with Crippen LogP contribution in [-0.4, -0.2) is 70.7 Å². The summed E-state index contributed by atoms with van der Waals surface area (Å²) in [5.41, 5.74) is -0.525. The molecule has 146 valence electrons. The molecule has 2 heterocycles. The number of rotatable bonds is 8. The van der Waals surface area contributed by atoms with E-state index in [0.29, 0.717) is 5.17 Å². The molecule has 3 N–H and O–H groups in total. The summed E-state index contributed by atoms with van der Waals surface area (Å²) in [7, 11) is 0. The lowest BCUT2D eigenvalue weighted by Gasteiger charge is -2.42. The molecule has 2 aliphatic heterocycles. The number of nitrogens with zero attached hydrogens (tertiary/aromatic N) is 1. The molecule has 2 fully saturated rings. The standard InChI is InChI=1S/C15H21FN2O7S/c1-7(19)24-6-10-8(4-11(20)21)9(5-12(22)23)13-14(25-10)26-15(18-13)17-3-2-16/h8-10,13-14H,2-6H2,1H3,(H,17,18)(H,20,21)(H,22,23)/t8-,9+,10-,13+,14+/m0/s1. The molecule has 0 amide bonds. The van der Waals surface area contributed by atoms with Crippen LogP contribution in [0.5, 0.6) is 0 Å². The van der Waals surface area contributed by atoms with Gasteiger partial charge in [-0.1, -0.05) is 11.8 Å². The number of aliphatic carboxylic acids is 2. The van der Waals surface area contributed by atoms with Crippen molar-refractivity contribution < 1.29 is 38.5 Å². The summed E-state index contributed by atoms with van der Waals surface area (Å²) in [6.07, 6.45) is -1.35. The molecule has 0 aromatic rings. The van der Waals surface area contributed by atoms with Crippen LogP contribution in [0.2, 0.25) is 0 Å². The van der Waals surface area contributed by atoms with Crippen LogP contribution in [0.15, 0.2) is 4.99 Å². The number of halogens is 1. The van der Waals surface area contributed by atoms with Crippen LogP contribution < -0.4 is 5.32 Å². The van der Waals surface area contributed by atoms with E-state index in [1.54, 1.807) is 0 Å². The van der Waals surface area contributed by atoms with Crippen LogP contribution in [-0.2, 0) is 23.9 Å². The molecule has 26 heavy (non-hydrogen) atoms. The van der Waals surface area contributed by atoms with Crippen LogP contribution in [0.1, 0.15) is 19.8 Å². The molecule has 0 radical (unpaired) electrons. The zero-order chi connectivity index (χ0) is 19.3. The van der Waals surface area contributed by atoms with E-state index in [9.17, 15) is 29.0 Å². The van der Waals surface area contributed by atoms with Crippen molar-refractivity contribution in [2.45, 2.75) is 37.3 Å². The van der Waals surface area contributed by atoms with Gasteiger partial charge in [-0.05, 0) is 5.92 Å². The third-order valence-corrected chi connectivity index (χ3v) is 5.33. The van der Waals surface area contributed by atoms with Gasteiger partial charge in [0.25, 0.3) is 0 Å². The van der Waals surface area contributed by atoms with Gasteiger partial charge in [-0.25, -0.2) is 4.39 Å². The number of amidine groups is 1. The highest BCUT2D eigenvalue weighted by atomic mass is 32.2. The predicted molar refractivity (Wildman–Crippen MR) is 89.6 cm³/mol. The minimum atomic E-state index is -1.10. The third kappa shape index (κ3) is 5.31. The first-order valence-electron chi connectivity index (χ1n) is 8.07. The van der Waals surface area contributed by atoms with Gasteiger partial charge in [-0.15, -0.1) is 0 Å².